The topological polar surface area (TPSA) is 125 Å². The second-order valence-electron chi connectivity index (χ2n) is 11.2. The highest BCUT2D eigenvalue weighted by molar-refractivity contribution is 7.87. The summed E-state index contributed by atoms with van der Waals surface area (Å²) in [5, 5.41) is 0. The van der Waals surface area contributed by atoms with Gasteiger partial charge in [-0.25, -0.2) is 4.57 Å². The maximum Gasteiger partial charge on any atom is 0.530 e. The second-order valence-corrected chi connectivity index (χ2v) is 14.4. The Balaban J connectivity index is 1.63. The van der Waals surface area contributed by atoms with E-state index in [1.165, 1.54) is 46.6 Å². The van der Waals surface area contributed by atoms with E-state index in [1.54, 1.807) is 66.7 Å². The van der Waals surface area contributed by atoms with Gasteiger partial charge in [-0.1, -0.05) is 90.5 Å². The molecule has 0 saturated heterocycles. The van der Waals surface area contributed by atoms with Gasteiger partial charge in [0.15, 0.2) is 23.0 Å². The highest BCUT2D eigenvalue weighted by Gasteiger charge is 2.34. The van der Waals surface area contributed by atoms with Crippen LogP contribution in [0.15, 0.2) is 114 Å². The molecule has 0 spiro atoms. The first-order chi connectivity index (χ1) is 25.1. The van der Waals surface area contributed by atoms with Gasteiger partial charge in [0.05, 0.1) is 41.7 Å². The molecular weight excluding hydrogens is 707 g/mol. The fraction of sp³-hybridized carbons (Fsp3) is 0.179. The summed E-state index contributed by atoms with van der Waals surface area (Å²) in [6, 6.07) is 30.7. The molecule has 272 valence electrons. The minimum atomic E-state index is -4.54. The van der Waals surface area contributed by atoms with Crippen LogP contribution in [0.5, 0.6) is 34.5 Å². The van der Waals surface area contributed by atoms with E-state index in [0.29, 0.717) is 33.9 Å². The number of hydrogen-bond donors (Lipinski definition) is 0. The van der Waals surface area contributed by atoms with Crippen molar-refractivity contribution in [2.45, 2.75) is 25.0 Å². The van der Waals surface area contributed by atoms with E-state index in [9.17, 15) is 13.0 Å². The lowest BCUT2D eigenvalue weighted by atomic mass is 10.1. The molecule has 0 amide bonds. The molecule has 0 unspecified atom stereocenters. The van der Waals surface area contributed by atoms with Gasteiger partial charge in [-0.2, -0.15) is 8.42 Å². The highest BCUT2D eigenvalue weighted by atomic mass is 32.2. The van der Waals surface area contributed by atoms with Crippen molar-refractivity contribution in [2.24, 2.45) is 0 Å². The van der Waals surface area contributed by atoms with Crippen LogP contribution in [-0.4, -0.2) is 36.9 Å². The monoisotopic (exact) mass is 746 g/mol. The summed E-state index contributed by atoms with van der Waals surface area (Å²) in [6.07, 6.45) is 3.27. The van der Waals surface area contributed by atoms with Gasteiger partial charge in [0, 0.05) is 5.56 Å². The molecule has 0 saturated carbocycles. The van der Waals surface area contributed by atoms with Crippen LogP contribution in [-0.2, 0) is 36.9 Å². The molecule has 13 heteroatoms. The van der Waals surface area contributed by atoms with Crippen molar-refractivity contribution in [1.29, 1.82) is 0 Å². The van der Waals surface area contributed by atoms with Gasteiger partial charge in [0.2, 0.25) is 11.5 Å². The quantitative estimate of drug-likeness (QED) is 0.0515. The first-order valence-corrected chi connectivity index (χ1v) is 18.8. The van der Waals surface area contributed by atoms with Gasteiger partial charge >= 0.3 is 17.9 Å². The van der Waals surface area contributed by atoms with Crippen LogP contribution in [0.2, 0.25) is 0 Å². The zero-order valence-corrected chi connectivity index (χ0v) is 31.0. The molecule has 5 aromatic rings. The average molecular weight is 747 g/mol. The maximum absolute atomic E-state index is 14.5. The third-order valence-corrected chi connectivity index (χ3v) is 10.2. The summed E-state index contributed by atoms with van der Waals surface area (Å²) in [5.41, 5.74) is 3.08. The molecule has 0 radical (unpaired) electrons. The first-order valence-electron chi connectivity index (χ1n) is 15.9. The molecule has 5 rings (SSSR count). The number of rotatable bonds is 17. The fourth-order valence-corrected chi connectivity index (χ4v) is 7.08. The second kappa shape index (κ2) is 17.3. The number of ether oxygens (including phenoxy) is 4. The van der Waals surface area contributed by atoms with Crippen LogP contribution >= 0.6 is 7.82 Å². The molecule has 5 aromatic carbocycles. The van der Waals surface area contributed by atoms with Crippen molar-refractivity contribution in [2.75, 3.05) is 28.4 Å². The van der Waals surface area contributed by atoms with Gasteiger partial charge in [0.25, 0.3) is 0 Å². The third-order valence-electron chi connectivity index (χ3n) is 7.64. The average Bonchev–Trinajstić information content (AvgIpc) is 3.17. The predicted molar refractivity (Wildman–Crippen MR) is 198 cm³/mol. The Bertz CT molecular complexity index is 2060. The smallest absolute Gasteiger partial charge is 0.493 e. The zero-order chi connectivity index (χ0) is 37.1. The molecule has 0 atom stereocenters. The van der Waals surface area contributed by atoms with E-state index in [1.807, 2.05) is 43.3 Å². The molecule has 0 aromatic heterocycles. The summed E-state index contributed by atoms with van der Waals surface area (Å²) in [7, 11) is -3.17. The van der Waals surface area contributed by atoms with Crippen LogP contribution in [0.3, 0.4) is 0 Å². The van der Waals surface area contributed by atoms with E-state index in [-0.39, 0.29) is 40.9 Å². The standard InChI is InChI=1S/C39H39O11PS/c1-28-16-21-33(22-17-28)52(41,42)50-37-32(19-18-31-24-35(44-3)38(46-5)36(25-31)45-4)20-23-34(43-2)39(37)49-51(40,47-26-29-12-8-6-9-13-29)48-27-30-14-10-7-11-15-30/h6-25H,26-27H2,1-5H3/b19-18-. The molecule has 0 heterocycles. The molecular formula is C39H39O11PS. The van der Waals surface area contributed by atoms with Crippen molar-refractivity contribution < 1.29 is 49.7 Å². The van der Waals surface area contributed by atoms with Crippen molar-refractivity contribution in [3.63, 3.8) is 0 Å². The third kappa shape index (κ3) is 9.54. The van der Waals surface area contributed by atoms with Crippen molar-refractivity contribution in [3.05, 3.63) is 137 Å². The van der Waals surface area contributed by atoms with Crippen LogP contribution in [0, 0.1) is 6.92 Å². The largest absolute Gasteiger partial charge is 0.530 e. The molecule has 0 aliphatic carbocycles. The van der Waals surface area contributed by atoms with Gasteiger partial charge < -0.3 is 27.7 Å². The molecule has 0 N–H and O–H groups in total. The number of benzene rings is 5. The van der Waals surface area contributed by atoms with Crippen LogP contribution < -0.4 is 27.7 Å². The first kappa shape index (κ1) is 38.0. The van der Waals surface area contributed by atoms with E-state index in [0.717, 1.165) is 5.56 Å². The Morgan fingerprint density at radius 3 is 1.63 bits per heavy atom. The van der Waals surface area contributed by atoms with Gasteiger partial charge in [-0.05, 0) is 60.0 Å². The lowest BCUT2D eigenvalue weighted by molar-refractivity contribution is 0.141. The predicted octanol–water partition coefficient (Wildman–Crippen LogP) is 8.89. The van der Waals surface area contributed by atoms with Crippen LogP contribution in [0.1, 0.15) is 27.8 Å². The Labute approximate surface area is 304 Å². The number of methoxy groups -OCH3 is 4. The van der Waals surface area contributed by atoms with E-state index in [2.05, 4.69) is 0 Å². The Morgan fingerprint density at radius 2 is 1.13 bits per heavy atom. The van der Waals surface area contributed by atoms with Crippen molar-refractivity contribution >= 4 is 30.1 Å². The zero-order valence-electron chi connectivity index (χ0n) is 29.3. The Hall–Kier alpha value is -5.26. The summed E-state index contributed by atoms with van der Waals surface area (Å²) in [6.45, 7) is 1.54. The summed E-state index contributed by atoms with van der Waals surface area (Å²) < 4.78 is 87.8. The van der Waals surface area contributed by atoms with Gasteiger partial charge in [-0.3, -0.25) is 9.05 Å². The van der Waals surface area contributed by atoms with Crippen molar-refractivity contribution in [1.82, 2.24) is 0 Å². The number of aryl methyl sites for hydroxylation is 1. The highest BCUT2D eigenvalue weighted by Crippen LogP contribution is 2.56. The number of phosphoric ester groups is 1. The normalized spacial score (nSPS) is 11.6. The minimum Gasteiger partial charge on any atom is -0.493 e. The van der Waals surface area contributed by atoms with E-state index < -0.39 is 17.9 Å². The Morgan fingerprint density at radius 1 is 0.596 bits per heavy atom. The fourth-order valence-electron chi connectivity index (χ4n) is 4.93. The summed E-state index contributed by atoms with van der Waals surface area (Å²) in [5.74, 6) is 0.574. The van der Waals surface area contributed by atoms with E-state index in [4.69, 9.17) is 36.7 Å². The molecule has 0 fully saturated rings. The van der Waals surface area contributed by atoms with E-state index >= 15 is 0 Å². The Kier molecular flexibility index (Phi) is 12.6. The maximum atomic E-state index is 14.5. The number of phosphoric acid groups is 1. The molecule has 0 aliphatic rings. The SMILES string of the molecule is COc1cc(/C=C\c2ccc(OC)c(OP(=O)(OCc3ccccc3)OCc3ccccc3)c2OS(=O)(=O)c2ccc(C)cc2)cc(OC)c1OC. The minimum absolute atomic E-state index is 0.00545. The molecule has 0 aliphatic heterocycles. The molecule has 52 heavy (non-hydrogen) atoms. The van der Waals surface area contributed by atoms with Crippen LogP contribution in [0.4, 0.5) is 0 Å². The summed E-state index contributed by atoms with van der Waals surface area (Å²) >= 11 is 0. The van der Waals surface area contributed by atoms with Crippen LogP contribution in [0.25, 0.3) is 12.2 Å². The lowest BCUT2D eigenvalue weighted by Crippen LogP contribution is -2.12. The molecule has 0 bridgehead atoms. The van der Waals surface area contributed by atoms with Gasteiger partial charge in [-0.15, -0.1) is 0 Å². The summed E-state index contributed by atoms with van der Waals surface area (Å²) in [4.78, 5) is -0.115. The lowest BCUT2D eigenvalue weighted by Gasteiger charge is -2.22. The number of hydrogen-bond acceptors (Lipinski definition) is 11. The van der Waals surface area contributed by atoms with Gasteiger partial charge in [0.1, 0.15) is 4.90 Å². The molecule has 11 nitrogen and oxygen atoms in total. The van der Waals surface area contributed by atoms with Crippen molar-refractivity contribution in [3.8, 4) is 34.5 Å².